The molecule has 2 N–H and O–H groups in total. The molecule has 2 rings (SSSR count). The molecule has 0 aliphatic carbocycles. The fraction of sp³-hybridized carbons (Fsp3) is 0.333. The van der Waals surface area contributed by atoms with Crippen molar-refractivity contribution in [1.82, 2.24) is 15.0 Å². The minimum absolute atomic E-state index is 0.112. The van der Waals surface area contributed by atoms with Crippen molar-refractivity contribution in [2.24, 2.45) is 0 Å². The van der Waals surface area contributed by atoms with E-state index >= 15 is 0 Å². The number of aromatic nitrogens is 3. The maximum absolute atomic E-state index is 13.5. The number of hydrogen-bond donors (Lipinski definition) is 2. The Morgan fingerprint density at radius 1 is 1.42 bits per heavy atom. The molecule has 7 heteroatoms. The highest BCUT2D eigenvalue weighted by Gasteiger charge is 2.05. The van der Waals surface area contributed by atoms with Crippen molar-refractivity contribution in [3.8, 4) is 0 Å². The summed E-state index contributed by atoms with van der Waals surface area (Å²) < 4.78 is 15.1. The molecule has 0 saturated carbocycles. The second kappa shape index (κ2) is 6.49. The number of aryl methyl sites for hydroxylation is 1. The number of aliphatic hydroxyl groups is 1. The fourth-order valence-corrected chi connectivity index (χ4v) is 1.75. The van der Waals surface area contributed by atoms with Gasteiger partial charge in [-0.05, 0) is 24.6 Å². The van der Waals surface area contributed by atoms with Crippen LogP contribution in [0.25, 0.3) is 0 Å². The van der Waals surface area contributed by atoms with Gasteiger partial charge in [0.1, 0.15) is 11.5 Å². The number of aliphatic hydroxyl groups excluding tert-OH is 1. The van der Waals surface area contributed by atoms with E-state index in [1.54, 1.807) is 10.9 Å². The van der Waals surface area contributed by atoms with Crippen LogP contribution in [0.15, 0.2) is 24.4 Å². The maximum Gasteiger partial charge on any atom is 0.146 e. The summed E-state index contributed by atoms with van der Waals surface area (Å²) in [5.74, 6) is -0.364. The summed E-state index contributed by atoms with van der Waals surface area (Å²) >= 11 is 5.80. The maximum atomic E-state index is 13.5. The molecule has 5 nitrogen and oxygen atoms in total. The van der Waals surface area contributed by atoms with Crippen LogP contribution < -0.4 is 5.32 Å². The smallest absolute Gasteiger partial charge is 0.146 e. The van der Waals surface area contributed by atoms with E-state index in [-0.39, 0.29) is 12.4 Å². The van der Waals surface area contributed by atoms with E-state index in [4.69, 9.17) is 16.7 Å². The van der Waals surface area contributed by atoms with Crippen molar-refractivity contribution >= 4 is 17.3 Å². The van der Waals surface area contributed by atoms with Gasteiger partial charge in [0.25, 0.3) is 0 Å². The summed E-state index contributed by atoms with van der Waals surface area (Å²) in [6.07, 6.45) is 2.38. The molecule has 0 spiro atoms. The molecule has 1 heterocycles. The van der Waals surface area contributed by atoms with Gasteiger partial charge in [-0.25, -0.2) is 4.39 Å². The van der Waals surface area contributed by atoms with Gasteiger partial charge in [-0.1, -0.05) is 16.8 Å². The normalized spacial score (nSPS) is 10.7. The molecule has 1 aromatic carbocycles. The Bertz CT molecular complexity index is 546. The highest BCUT2D eigenvalue weighted by Crippen LogP contribution is 2.19. The summed E-state index contributed by atoms with van der Waals surface area (Å²) in [7, 11) is 0. The molecule has 102 valence electrons. The predicted molar refractivity (Wildman–Crippen MR) is 70.5 cm³/mol. The lowest BCUT2D eigenvalue weighted by Crippen LogP contribution is -2.02. The molecule has 0 amide bonds. The Morgan fingerprint density at radius 3 is 3.05 bits per heavy atom. The van der Waals surface area contributed by atoms with E-state index in [9.17, 15) is 4.39 Å². The van der Waals surface area contributed by atoms with Crippen molar-refractivity contribution in [3.05, 3.63) is 40.9 Å². The molecule has 0 atom stereocenters. The lowest BCUT2D eigenvalue weighted by Gasteiger charge is -2.05. The van der Waals surface area contributed by atoms with Gasteiger partial charge in [-0.2, -0.15) is 0 Å². The Kier molecular flexibility index (Phi) is 4.70. The van der Waals surface area contributed by atoms with Gasteiger partial charge < -0.3 is 10.4 Å². The van der Waals surface area contributed by atoms with Crippen molar-refractivity contribution in [1.29, 1.82) is 0 Å². The molecule has 0 aliphatic rings. The third kappa shape index (κ3) is 3.90. The van der Waals surface area contributed by atoms with Crippen LogP contribution in [0.5, 0.6) is 0 Å². The number of benzene rings is 1. The molecular weight excluding hydrogens is 271 g/mol. The number of anilines is 1. The average molecular weight is 285 g/mol. The van der Waals surface area contributed by atoms with Gasteiger partial charge in [0, 0.05) is 18.2 Å². The van der Waals surface area contributed by atoms with E-state index in [1.807, 2.05) is 0 Å². The van der Waals surface area contributed by atoms with Crippen molar-refractivity contribution < 1.29 is 9.50 Å². The lowest BCUT2D eigenvalue weighted by molar-refractivity contribution is 0.276. The largest absolute Gasteiger partial charge is 0.396 e. The average Bonchev–Trinajstić information content (AvgIpc) is 2.85. The van der Waals surface area contributed by atoms with E-state index in [0.717, 1.165) is 0 Å². The first-order valence-electron chi connectivity index (χ1n) is 5.88. The summed E-state index contributed by atoms with van der Waals surface area (Å²) in [5, 5.41) is 19.9. The van der Waals surface area contributed by atoms with Gasteiger partial charge in [0.15, 0.2) is 0 Å². The number of hydrogen-bond acceptors (Lipinski definition) is 4. The first-order valence-corrected chi connectivity index (χ1v) is 6.25. The first kappa shape index (κ1) is 13.8. The van der Waals surface area contributed by atoms with E-state index in [0.29, 0.717) is 35.9 Å². The van der Waals surface area contributed by atoms with E-state index < -0.39 is 0 Å². The summed E-state index contributed by atoms with van der Waals surface area (Å²) in [4.78, 5) is 0. The molecule has 0 saturated heterocycles. The van der Waals surface area contributed by atoms with Crippen LogP contribution in [-0.2, 0) is 13.1 Å². The molecule has 0 bridgehead atoms. The molecule has 0 radical (unpaired) electrons. The quantitative estimate of drug-likeness (QED) is 0.852. The third-order valence-electron chi connectivity index (χ3n) is 2.52. The molecule has 2 aromatic rings. The highest BCUT2D eigenvalue weighted by molar-refractivity contribution is 6.30. The fourth-order valence-electron chi connectivity index (χ4n) is 1.58. The van der Waals surface area contributed by atoms with E-state index in [1.165, 1.54) is 18.2 Å². The number of rotatable bonds is 6. The van der Waals surface area contributed by atoms with Crippen LogP contribution in [0, 0.1) is 5.82 Å². The van der Waals surface area contributed by atoms with Crippen LogP contribution in [0.2, 0.25) is 5.02 Å². The molecular formula is C12H14ClFN4O. The molecule has 0 aliphatic heterocycles. The molecule has 1 aromatic heterocycles. The van der Waals surface area contributed by atoms with Gasteiger partial charge >= 0.3 is 0 Å². The van der Waals surface area contributed by atoms with Gasteiger partial charge in [0.05, 0.1) is 18.4 Å². The van der Waals surface area contributed by atoms with E-state index in [2.05, 4.69) is 15.6 Å². The number of nitrogens with one attached hydrogen (secondary N) is 1. The minimum atomic E-state index is -0.364. The van der Waals surface area contributed by atoms with Crippen LogP contribution in [0.3, 0.4) is 0 Å². The monoisotopic (exact) mass is 284 g/mol. The highest BCUT2D eigenvalue weighted by atomic mass is 35.5. The Morgan fingerprint density at radius 2 is 2.26 bits per heavy atom. The Balaban J connectivity index is 1.94. The summed E-state index contributed by atoms with van der Waals surface area (Å²) in [5.41, 5.74) is 1.02. The van der Waals surface area contributed by atoms with Crippen LogP contribution >= 0.6 is 11.6 Å². The standard InChI is InChI=1S/C12H14ClFN4O/c13-9-2-3-11(14)12(6-9)15-7-10-8-18(17-16-10)4-1-5-19/h2-3,6,8,15,19H,1,4-5,7H2. The van der Waals surface area contributed by atoms with Crippen LogP contribution in [-0.4, -0.2) is 26.7 Å². The lowest BCUT2D eigenvalue weighted by atomic mass is 10.3. The molecule has 0 unspecified atom stereocenters. The van der Waals surface area contributed by atoms with Gasteiger partial charge in [-0.3, -0.25) is 4.68 Å². The zero-order chi connectivity index (χ0) is 13.7. The minimum Gasteiger partial charge on any atom is -0.396 e. The number of halogens is 2. The second-order valence-electron chi connectivity index (χ2n) is 4.03. The zero-order valence-electron chi connectivity index (χ0n) is 10.2. The van der Waals surface area contributed by atoms with Gasteiger partial charge in [-0.15, -0.1) is 5.10 Å². The number of nitrogens with zero attached hydrogens (tertiary/aromatic N) is 3. The summed E-state index contributed by atoms with van der Waals surface area (Å²) in [6, 6.07) is 4.32. The Hall–Kier alpha value is -1.66. The Labute approximate surface area is 115 Å². The predicted octanol–water partition coefficient (Wildman–Crippen LogP) is 2.07. The first-order chi connectivity index (χ1) is 9.19. The topological polar surface area (TPSA) is 63.0 Å². The van der Waals surface area contributed by atoms with Crippen molar-refractivity contribution in [2.75, 3.05) is 11.9 Å². The summed E-state index contributed by atoms with van der Waals surface area (Å²) in [6.45, 7) is 1.08. The van der Waals surface area contributed by atoms with Crippen molar-refractivity contribution in [2.45, 2.75) is 19.5 Å². The molecule has 0 fully saturated rings. The third-order valence-corrected chi connectivity index (χ3v) is 2.75. The SMILES string of the molecule is OCCCn1cc(CNc2cc(Cl)ccc2F)nn1. The molecule has 19 heavy (non-hydrogen) atoms. The van der Waals surface area contributed by atoms with Crippen molar-refractivity contribution in [3.63, 3.8) is 0 Å². The zero-order valence-corrected chi connectivity index (χ0v) is 10.9. The second-order valence-corrected chi connectivity index (χ2v) is 4.46. The van der Waals surface area contributed by atoms with Crippen LogP contribution in [0.1, 0.15) is 12.1 Å². The van der Waals surface area contributed by atoms with Crippen LogP contribution in [0.4, 0.5) is 10.1 Å². The van der Waals surface area contributed by atoms with Gasteiger partial charge in [0.2, 0.25) is 0 Å².